The smallest absolute Gasteiger partial charge is 0.254 e. The SMILES string of the molecule is CCNC(=O)c1ccc(COc2ccc3c(c2)CCN(C2CCN(C4CCC4)CC2)C3=O)cc1. The highest BCUT2D eigenvalue weighted by atomic mass is 16.5. The lowest BCUT2D eigenvalue weighted by molar-refractivity contribution is 0.0414. The number of carbonyl (C=O) groups excluding carboxylic acids is 2. The highest BCUT2D eigenvalue weighted by molar-refractivity contribution is 5.97. The highest BCUT2D eigenvalue weighted by Crippen LogP contribution is 2.31. The maximum atomic E-state index is 13.3. The van der Waals surface area contributed by atoms with Crippen molar-refractivity contribution in [2.75, 3.05) is 26.2 Å². The van der Waals surface area contributed by atoms with Crippen LogP contribution in [-0.2, 0) is 13.0 Å². The number of amides is 2. The van der Waals surface area contributed by atoms with Gasteiger partial charge in [0, 0.05) is 49.4 Å². The van der Waals surface area contributed by atoms with Crippen LogP contribution in [0.15, 0.2) is 42.5 Å². The first-order valence-electron chi connectivity index (χ1n) is 12.8. The number of benzene rings is 2. The van der Waals surface area contributed by atoms with Crippen molar-refractivity contribution in [2.45, 2.75) is 64.1 Å². The fraction of sp³-hybridized carbons (Fsp3) is 0.500. The van der Waals surface area contributed by atoms with Gasteiger partial charge in [0.1, 0.15) is 12.4 Å². The summed E-state index contributed by atoms with van der Waals surface area (Å²) in [5.41, 5.74) is 3.56. The summed E-state index contributed by atoms with van der Waals surface area (Å²) < 4.78 is 6.00. The molecule has 34 heavy (non-hydrogen) atoms. The predicted molar refractivity (Wildman–Crippen MR) is 132 cm³/mol. The van der Waals surface area contributed by atoms with Crippen LogP contribution in [-0.4, -0.2) is 59.9 Å². The van der Waals surface area contributed by atoms with E-state index in [0.717, 1.165) is 67.4 Å². The molecule has 1 saturated heterocycles. The van der Waals surface area contributed by atoms with E-state index < -0.39 is 0 Å². The summed E-state index contributed by atoms with van der Waals surface area (Å²) in [4.78, 5) is 29.9. The highest BCUT2D eigenvalue weighted by Gasteiger charge is 2.34. The second-order valence-electron chi connectivity index (χ2n) is 9.76. The first-order chi connectivity index (χ1) is 16.6. The molecule has 0 unspecified atom stereocenters. The van der Waals surface area contributed by atoms with E-state index in [-0.39, 0.29) is 11.8 Å². The molecule has 180 valence electrons. The second-order valence-corrected chi connectivity index (χ2v) is 9.76. The largest absolute Gasteiger partial charge is 0.489 e. The molecule has 0 bridgehead atoms. The van der Waals surface area contributed by atoms with Crippen LogP contribution in [0.4, 0.5) is 0 Å². The van der Waals surface area contributed by atoms with Crippen LogP contribution in [0.5, 0.6) is 5.75 Å². The Morgan fingerprint density at radius 2 is 1.76 bits per heavy atom. The molecule has 2 aromatic rings. The van der Waals surface area contributed by atoms with E-state index in [4.69, 9.17) is 4.74 Å². The predicted octanol–water partition coefficient (Wildman–Crippen LogP) is 4.03. The molecule has 2 heterocycles. The molecule has 0 radical (unpaired) electrons. The average Bonchev–Trinajstić information content (AvgIpc) is 2.83. The number of nitrogens with zero attached hydrogens (tertiary/aromatic N) is 2. The van der Waals surface area contributed by atoms with Crippen molar-refractivity contribution in [3.8, 4) is 5.75 Å². The summed E-state index contributed by atoms with van der Waals surface area (Å²) in [5, 5.41) is 2.80. The topological polar surface area (TPSA) is 61.9 Å². The van der Waals surface area contributed by atoms with E-state index in [0.29, 0.717) is 24.8 Å². The van der Waals surface area contributed by atoms with Gasteiger partial charge in [-0.15, -0.1) is 0 Å². The lowest BCUT2D eigenvalue weighted by Gasteiger charge is -2.45. The molecule has 6 heteroatoms. The number of carbonyl (C=O) groups is 2. The Labute approximate surface area is 202 Å². The van der Waals surface area contributed by atoms with Crippen molar-refractivity contribution < 1.29 is 14.3 Å². The number of hydrogen-bond donors (Lipinski definition) is 1. The summed E-state index contributed by atoms with van der Waals surface area (Å²) in [6.07, 6.45) is 7.15. The Morgan fingerprint density at radius 3 is 2.44 bits per heavy atom. The van der Waals surface area contributed by atoms with Gasteiger partial charge < -0.3 is 19.9 Å². The van der Waals surface area contributed by atoms with Crippen LogP contribution in [0.25, 0.3) is 0 Å². The molecule has 1 saturated carbocycles. The van der Waals surface area contributed by atoms with Crippen molar-refractivity contribution in [1.82, 2.24) is 15.1 Å². The zero-order chi connectivity index (χ0) is 23.5. The number of hydrogen-bond acceptors (Lipinski definition) is 4. The Kier molecular flexibility index (Phi) is 6.86. The van der Waals surface area contributed by atoms with Crippen molar-refractivity contribution in [3.05, 3.63) is 64.7 Å². The minimum Gasteiger partial charge on any atom is -0.489 e. The monoisotopic (exact) mass is 461 g/mol. The van der Waals surface area contributed by atoms with Gasteiger partial charge >= 0.3 is 0 Å². The molecule has 5 rings (SSSR count). The summed E-state index contributed by atoms with van der Waals surface area (Å²) in [5.74, 6) is 0.893. The summed E-state index contributed by atoms with van der Waals surface area (Å²) in [7, 11) is 0. The first kappa shape index (κ1) is 22.9. The van der Waals surface area contributed by atoms with Crippen LogP contribution in [0.3, 0.4) is 0 Å². The molecule has 1 N–H and O–H groups in total. The van der Waals surface area contributed by atoms with Crippen LogP contribution in [0, 0.1) is 0 Å². The number of fused-ring (bicyclic) bond motifs is 1. The molecule has 2 amide bonds. The Hall–Kier alpha value is -2.86. The maximum Gasteiger partial charge on any atom is 0.254 e. The standard InChI is InChI=1S/C28H35N3O3/c1-2-29-27(32)21-8-6-20(7-9-21)19-34-25-10-11-26-22(18-25)12-17-31(28(26)33)24-13-15-30(16-14-24)23-4-3-5-23/h6-11,18,23-24H,2-5,12-17,19H2,1H3,(H,29,32). The fourth-order valence-electron chi connectivity index (χ4n) is 5.42. The Balaban J connectivity index is 1.16. The van der Waals surface area contributed by atoms with Gasteiger partial charge in [-0.3, -0.25) is 9.59 Å². The molecule has 6 nitrogen and oxygen atoms in total. The van der Waals surface area contributed by atoms with Crippen LogP contribution in [0.1, 0.15) is 70.9 Å². The van der Waals surface area contributed by atoms with Crippen LogP contribution < -0.4 is 10.1 Å². The van der Waals surface area contributed by atoms with Crippen molar-refractivity contribution >= 4 is 11.8 Å². The zero-order valence-corrected chi connectivity index (χ0v) is 20.1. The van der Waals surface area contributed by atoms with E-state index in [1.807, 2.05) is 49.4 Å². The average molecular weight is 462 g/mol. The van der Waals surface area contributed by atoms with E-state index in [1.165, 1.54) is 19.3 Å². The van der Waals surface area contributed by atoms with Gasteiger partial charge in [0.15, 0.2) is 0 Å². The Bertz CT molecular complexity index is 1020. The zero-order valence-electron chi connectivity index (χ0n) is 20.1. The molecule has 1 aliphatic carbocycles. The summed E-state index contributed by atoms with van der Waals surface area (Å²) >= 11 is 0. The molecular formula is C28H35N3O3. The molecule has 2 fully saturated rings. The molecule has 2 aromatic carbocycles. The normalized spacial score (nSPS) is 19.4. The number of rotatable bonds is 7. The molecule has 0 aromatic heterocycles. The number of nitrogens with one attached hydrogen (secondary N) is 1. The van der Waals surface area contributed by atoms with Crippen molar-refractivity contribution in [3.63, 3.8) is 0 Å². The lowest BCUT2D eigenvalue weighted by Crippen LogP contribution is -2.52. The Morgan fingerprint density at radius 1 is 1.00 bits per heavy atom. The summed E-state index contributed by atoms with van der Waals surface area (Å²) in [6.45, 7) is 6.00. The van der Waals surface area contributed by atoms with E-state index in [1.54, 1.807) is 0 Å². The number of ether oxygens (including phenoxy) is 1. The van der Waals surface area contributed by atoms with Crippen LogP contribution in [0.2, 0.25) is 0 Å². The third-order valence-corrected chi connectivity index (χ3v) is 7.68. The second kappa shape index (κ2) is 10.2. The first-order valence-corrected chi connectivity index (χ1v) is 12.8. The van der Waals surface area contributed by atoms with Crippen molar-refractivity contribution in [1.29, 1.82) is 0 Å². The molecule has 0 spiro atoms. The van der Waals surface area contributed by atoms with E-state index >= 15 is 0 Å². The summed E-state index contributed by atoms with van der Waals surface area (Å²) in [6, 6.07) is 14.5. The minimum atomic E-state index is -0.0627. The van der Waals surface area contributed by atoms with Crippen molar-refractivity contribution in [2.24, 2.45) is 0 Å². The van der Waals surface area contributed by atoms with Gasteiger partial charge in [-0.2, -0.15) is 0 Å². The number of piperidine rings is 1. The lowest BCUT2D eigenvalue weighted by atomic mass is 9.88. The van der Waals surface area contributed by atoms with Gasteiger partial charge in [-0.1, -0.05) is 18.6 Å². The quantitative estimate of drug-likeness (QED) is 0.676. The van der Waals surface area contributed by atoms with Crippen LogP contribution >= 0.6 is 0 Å². The van der Waals surface area contributed by atoms with E-state index in [2.05, 4.69) is 15.1 Å². The molecular weight excluding hydrogens is 426 g/mol. The van der Waals surface area contributed by atoms with Gasteiger partial charge in [0.25, 0.3) is 11.8 Å². The third-order valence-electron chi connectivity index (χ3n) is 7.68. The van der Waals surface area contributed by atoms with Gasteiger partial charge in [-0.25, -0.2) is 0 Å². The molecule has 3 aliphatic rings. The minimum absolute atomic E-state index is 0.0627. The van der Waals surface area contributed by atoms with Gasteiger partial charge in [0.05, 0.1) is 0 Å². The van der Waals surface area contributed by atoms with E-state index in [9.17, 15) is 9.59 Å². The van der Waals surface area contributed by atoms with Gasteiger partial charge in [-0.05, 0) is 80.5 Å². The fourth-order valence-corrected chi connectivity index (χ4v) is 5.42. The molecule has 2 aliphatic heterocycles. The third kappa shape index (κ3) is 4.83. The molecule has 0 atom stereocenters. The maximum absolute atomic E-state index is 13.3. The number of likely N-dealkylation sites (tertiary alicyclic amines) is 1. The van der Waals surface area contributed by atoms with Gasteiger partial charge in [0.2, 0.25) is 0 Å².